The molecule has 1 heterocycles. The third-order valence-corrected chi connectivity index (χ3v) is 5.41. The fraction of sp³-hybridized carbons (Fsp3) is 0.467. The molecule has 7 heteroatoms. The molecule has 0 aromatic carbocycles. The lowest BCUT2D eigenvalue weighted by molar-refractivity contribution is -0.127. The van der Waals surface area contributed by atoms with Crippen molar-refractivity contribution >= 4 is 17.6 Å². The number of nitrogens with one attached hydrogen (secondary N) is 3. The Kier molecular flexibility index (Phi) is 18.6. The minimum absolute atomic E-state index is 0.0688. The van der Waals surface area contributed by atoms with Gasteiger partial charge in [0.25, 0.3) is 0 Å². The van der Waals surface area contributed by atoms with Crippen molar-refractivity contribution in [1.82, 2.24) is 20.6 Å². The van der Waals surface area contributed by atoms with Gasteiger partial charge in [0, 0.05) is 37.7 Å². The SMILES string of the molecule is CC/C=C\C/C=C\C/C=C\C/C=C\C/C=C\CCCC(=O)NCCC(=O)N[C@@H](Cc1cnc[nH]1)C(C)=O. The summed E-state index contributed by atoms with van der Waals surface area (Å²) < 4.78 is 0. The number of H-pyrrole nitrogens is 1. The quantitative estimate of drug-likeness (QED) is 0.161. The average molecular weight is 509 g/mol. The molecular formula is C30H44N4O3. The molecule has 1 atom stereocenters. The molecule has 0 unspecified atom stereocenters. The zero-order valence-corrected chi connectivity index (χ0v) is 22.5. The van der Waals surface area contributed by atoms with Gasteiger partial charge in [-0.1, -0.05) is 67.7 Å². The van der Waals surface area contributed by atoms with Crippen LogP contribution in [-0.2, 0) is 20.8 Å². The molecule has 7 nitrogen and oxygen atoms in total. The van der Waals surface area contributed by atoms with Crippen LogP contribution in [0.25, 0.3) is 0 Å². The lowest BCUT2D eigenvalue weighted by atomic mass is 10.1. The second kappa shape index (κ2) is 21.8. The second-order valence-corrected chi connectivity index (χ2v) is 8.71. The minimum Gasteiger partial charge on any atom is -0.356 e. The Bertz CT molecular complexity index is 911. The first-order chi connectivity index (χ1) is 18.0. The first-order valence-electron chi connectivity index (χ1n) is 13.3. The molecule has 37 heavy (non-hydrogen) atoms. The van der Waals surface area contributed by atoms with Gasteiger partial charge in [-0.15, -0.1) is 0 Å². The summed E-state index contributed by atoms with van der Waals surface area (Å²) in [5, 5.41) is 5.49. The van der Waals surface area contributed by atoms with Gasteiger partial charge in [-0.3, -0.25) is 14.4 Å². The van der Waals surface area contributed by atoms with E-state index in [1.807, 2.05) is 0 Å². The molecule has 0 spiro atoms. The first kappa shape index (κ1) is 31.5. The van der Waals surface area contributed by atoms with E-state index in [-0.39, 0.29) is 30.6 Å². The third kappa shape index (κ3) is 18.4. The smallest absolute Gasteiger partial charge is 0.222 e. The maximum absolute atomic E-state index is 12.1. The fourth-order valence-electron chi connectivity index (χ4n) is 3.33. The van der Waals surface area contributed by atoms with Crippen molar-refractivity contribution in [2.24, 2.45) is 0 Å². The molecule has 202 valence electrons. The highest BCUT2D eigenvalue weighted by Gasteiger charge is 2.18. The average Bonchev–Trinajstić information content (AvgIpc) is 3.38. The van der Waals surface area contributed by atoms with E-state index >= 15 is 0 Å². The molecule has 0 aliphatic carbocycles. The predicted molar refractivity (Wildman–Crippen MR) is 151 cm³/mol. The minimum atomic E-state index is -0.605. The van der Waals surface area contributed by atoms with Crippen LogP contribution in [0, 0.1) is 0 Å². The molecule has 0 radical (unpaired) electrons. The topological polar surface area (TPSA) is 104 Å². The van der Waals surface area contributed by atoms with Crippen LogP contribution >= 0.6 is 0 Å². The number of allylic oxidation sites excluding steroid dienone is 10. The number of unbranched alkanes of at least 4 members (excludes halogenated alkanes) is 1. The summed E-state index contributed by atoms with van der Waals surface area (Å²) in [6.45, 7) is 3.84. The summed E-state index contributed by atoms with van der Waals surface area (Å²) in [5.41, 5.74) is 0.779. The van der Waals surface area contributed by atoms with E-state index in [1.165, 1.54) is 13.3 Å². The van der Waals surface area contributed by atoms with Gasteiger partial charge in [-0.25, -0.2) is 4.98 Å². The van der Waals surface area contributed by atoms with E-state index in [0.717, 1.165) is 50.6 Å². The first-order valence-corrected chi connectivity index (χ1v) is 13.3. The van der Waals surface area contributed by atoms with Gasteiger partial charge in [0.2, 0.25) is 11.8 Å². The number of aromatic nitrogens is 2. The molecule has 0 saturated carbocycles. The van der Waals surface area contributed by atoms with Gasteiger partial charge in [0.05, 0.1) is 12.4 Å². The van der Waals surface area contributed by atoms with Gasteiger partial charge in [0.15, 0.2) is 5.78 Å². The number of aromatic amines is 1. The molecule has 1 aromatic rings. The van der Waals surface area contributed by atoms with Crippen molar-refractivity contribution in [3.8, 4) is 0 Å². The molecule has 0 fully saturated rings. The number of rotatable bonds is 20. The highest BCUT2D eigenvalue weighted by Crippen LogP contribution is 2.01. The molecule has 0 aliphatic rings. The van der Waals surface area contributed by atoms with E-state index in [2.05, 4.69) is 88.3 Å². The molecule has 0 saturated heterocycles. The van der Waals surface area contributed by atoms with Crippen LogP contribution in [0.1, 0.15) is 77.3 Å². The van der Waals surface area contributed by atoms with Crippen LogP contribution in [0.2, 0.25) is 0 Å². The van der Waals surface area contributed by atoms with Crippen molar-refractivity contribution in [2.75, 3.05) is 6.54 Å². The molecule has 0 bridgehead atoms. The highest BCUT2D eigenvalue weighted by molar-refractivity contribution is 5.88. The lowest BCUT2D eigenvalue weighted by Crippen LogP contribution is -2.42. The van der Waals surface area contributed by atoms with Gasteiger partial charge in [0.1, 0.15) is 0 Å². The molecule has 1 aromatic heterocycles. The number of carbonyl (C=O) groups is 3. The van der Waals surface area contributed by atoms with E-state index in [4.69, 9.17) is 0 Å². The number of imidazole rings is 1. The Morgan fingerprint density at radius 1 is 0.865 bits per heavy atom. The van der Waals surface area contributed by atoms with Crippen molar-refractivity contribution in [2.45, 2.75) is 84.1 Å². The van der Waals surface area contributed by atoms with Crippen LogP contribution in [0.4, 0.5) is 0 Å². The van der Waals surface area contributed by atoms with Gasteiger partial charge < -0.3 is 15.6 Å². The summed E-state index contributed by atoms with van der Waals surface area (Å²) in [5.74, 6) is -0.457. The van der Waals surface area contributed by atoms with E-state index in [1.54, 1.807) is 6.20 Å². The fourth-order valence-corrected chi connectivity index (χ4v) is 3.33. The van der Waals surface area contributed by atoms with Crippen LogP contribution < -0.4 is 10.6 Å². The van der Waals surface area contributed by atoms with Crippen molar-refractivity contribution < 1.29 is 14.4 Å². The van der Waals surface area contributed by atoms with Gasteiger partial charge in [-0.2, -0.15) is 0 Å². The van der Waals surface area contributed by atoms with Crippen molar-refractivity contribution in [3.63, 3.8) is 0 Å². The van der Waals surface area contributed by atoms with Crippen LogP contribution in [0.3, 0.4) is 0 Å². The maximum atomic E-state index is 12.1. The predicted octanol–water partition coefficient (Wildman–Crippen LogP) is 5.45. The van der Waals surface area contributed by atoms with E-state index in [9.17, 15) is 14.4 Å². The zero-order valence-electron chi connectivity index (χ0n) is 22.5. The Morgan fingerprint density at radius 2 is 1.46 bits per heavy atom. The standard InChI is InChI=1S/C30H44N4O3/c1-3-4-5-6-7-8-9-10-11-12-13-14-15-16-17-18-19-20-29(36)32-22-21-30(37)34-28(26(2)35)23-27-24-31-25-33-27/h4-5,7-8,10-11,13-14,16-17,24-25,28H,3,6,9,12,15,18-23H2,1-2H3,(H,31,33)(H,32,36)(H,34,37)/b5-4-,8-7-,11-10-,14-13-,17-16-/t28-/m0/s1. The number of ketones is 1. The van der Waals surface area contributed by atoms with E-state index < -0.39 is 6.04 Å². The number of nitrogens with zero attached hydrogens (tertiary/aromatic N) is 1. The molecule has 3 N–H and O–H groups in total. The Labute approximate surface area is 222 Å². The summed E-state index contributed by atoms with van der Waals surface area (Å²) in [6, 6.07) is -0.605. The number of amides is 2. The molecule has 0 aliphatic heterocycles. The zero-order chi connectivity index (χ0) is 27.0. The van der Waals surface area contributed by atoms with Gasteiger partial charge >= 0.3 is 0 Å². The molecular weight excluding hydrogens is 464 g/mol. The third-order valence-electron chi connectivity index (χ3n) is 5.41. The Morgan fingerprint density at radius 3 is 2.00 bits per heavy atom. The normalized spacial score (nSPS) is 12.9. The monoisotopic (exact) mass is 508 g/mol. The molecule has 2 amide bonds. The Balaban J connectivity index is 2.04. The van der Waals surface area contributed by atoms with Crippen LogP contribution in [-0.4, -0.2) is 40.2 Å². The number of hydrogen-bond donors (Lipinski definition) is 3. The summed E-state index contributed by atoms with van der Waals surface area (Å²) in [6.07, 6.45) is 32.2. The van der Waals surface area contributed by atoms with E-state index in [0.29, 0.717) is 12.8 Å². The maximum Gasteiger partial charge on any atom is 0.222 e. The van der Waals surface area contributed by atoms with Crippen LogP contribution in [0.5, 0.6) is 0 Å². The number of carbonyl (C=O) groups excluding carboxylic acids is 3. The van der Waals surface area contributed by atoms with Crippen molar-refractivity contribution in [1.29, 1.82) is 0 Å². The number of Topliss-reactive ketones (excluding diaryl/α,β-unsaturated/α-hetero) is 1. The highest BCUT2D eigenvalue weighted by atomic mass is 16.2. The second-order valence-electron chi connectivity index (χ2n) is 8.71. The Hall–Kier alpha value is -3.48. The molecule has 1 rings (SSSR count). The summed E-state index contributed by atoms with van der Waals surface area (Å²) in [4.78, 5) is 42.7. The largest absolute Gasteiger partial charge is 0.356 e. The summed E-state index contributed by atoms with van der Waals surface area (Å²) >= 11 is 0. The van der Waals surface area contributed by atoms with Crippen molar-refractivity contribution in [3.05, 3.63) is 79.0 Å². The van der Waals surface area contributed by atoms with Crippen LogP contribution in [0.15, 0.2) is 73.3 Å². The number of hydrogen-bond acceptors (Lipinski definition) is 4. The van der Waals surface area contributed by atoms with Gasteiger partial charge in [-0.05, 0) is 51.9 Å². The summed E-state index contributed by atoms with van der Waals surface area (Å²) in [7, 11) is 0. The lowest BCUT2D eigenvalue weighted by Gasteiger charge is -2.15.